The van der Waals surface area contributed by atoms with Crippen molar-refractivity contribution in [2.45, 2.75) is 20.4 Å². The summed E-state index contributed by atoms with van der Waals surface area (Å²) in [6, 6.07) is 13.8. The third-order valence-corrected chi connectivity index (χ3v) is 4.23. The molecule has 1 amide bonds. The maximum absolute atomic E-state index is 13.0. The van der Waals surface area contributed by atoms with E-state index in [2.05, 4.69) is 13.8 Å². The molecule has 0 aliphatic rings. The number of nitrogens with zero attached hydrogens (tertiary/aromatic N) is 1. The molecule has 2 aromatic carbocycles. The van der Waals surface area contributed by atoms with Gasteiger partial charge >= 0.3 is 10.1 Å². The summed E-state index contributed by atoms with van der Waals surface area (Å²) in [6.45, 7) is 5.11. The highest BCUT2D eigenvalue weighted by molar-refractivity contribution is 7.86. The summed E-state index contributed by atoms with van der Waals surface area (Å²) in [4.78, 5) is 14.7. The first kappa shape index (κ1) is 20.8. The number of hydrogen-bond donors (Lipinski definition) is 0. The molecule has 0 saturated carbocycles. The quantitative estimate of drug-likeness (QED) is 0.646. The van der Waals surface area contributed by atoms with Gasteiger partial charge in [-0.1, -0.05) is 32.0 Å². The smallest absolute Gasteiger partial charge is 0.306 e. The molecule has 7 heteroatoms. The number of ether oxygens (including phenoxy) is 1. The molecule has 0 aromatic heterocycles. The second kappa shape index (κ2) is 8.90. The molecule has 0 atom stereocenters. The zero-order chi connectivity index (χ0) is 20.0. The van der Waals surface area contributed by atoms with E-state index < -0.39 is 10.1 Å². The number of carbonyl (C=O) groups excluding carboxylic acids is 1. The fourth-order valence-corrected chi connectivity index (χ4v) is 3.11. The third kappa shape index (κ3) is 6.60. The van der Waals surface area contributed by atoms with Crippen LogP contribution in [0.1, 0.15) is 29.8 Å². The minimum atomic E-state index is -3.56. The Kier molecular flexibility index (Phi) is 6.85. The monoisotopic (exact) mass is 391 g/mol. The van der Waals surface area contributed by atoms with Crippen molar-refractivity contribution in [2.24, 2.45) is 5.92 Å². The van der Waals surface area contributed by atoms with E-state index in [9.17, 15) is 13.2 Å². The average Bonchev–Trinajstić information content (AvgIpc) is 2.60. The summed E-state index contributed by atoms with van der Waals surface area (Å²) in [5.74, 6) is 1.09. The summed E-state index contributed by atoms with van der Waals surface area (Å²) < 4.78 is 32.4. The number of methoxy groups -OCH3 is 1. The Bertz CT molecular complexity index is 876. The van der Waals surface area contributed by atoms with Gasteiger partial charge in [-0.2, -0.15) is 8.42 Å². The number of carbonyl (C=O) groups is 1. The molecule has 0 saturated heterocycles. The highest BCUT2D eigenvalue weighted by Gasteiger charge is 2.18. The van der Waals surface area contributed by atoms with Crippen molar-refractivity contribution >= 4 is 16.0 Å². The number of benzene rings is 2. The Morgan fingerprint density at radius 3 is 2.30 bits per heavy atom. The van der Waals surface area contributed by atoms with Crippen molar-refractivity contribution in [3.8, 4) is 11.5 Å². The number of amides is 1. The zero-order valence-corrected chi connectivity index (χ0v) is 16.8. The van der Waals surface area contributed by atoms with E-state index in [0.29, 0.717) is 30.3 Å². The Morgan fingerprint density at radius 1 is 1.07 bits per heavy atom. The predicted octanol–water partition coefficient (Wildman–Crippen LogP) is 3.33. The predicted molar refractivity (Wildman–Crippen MR) is 104 cm³/mol. The molecule has 0 N–H and O–H groups in total. The molecule has 2 aromatic rings. The summed E-state index contributed by atoms with van der Waals surface area (Å²) in [6.07, 6.45) is 0.998. The fraction of sp³-hybridized carbons (Fsp3) is 0.350. The van der Waals surface area contributed by atoms with Gasteiger partial charge in [0.1, 0.15) is 11.5 Å². The minimum Gasteiger partial charge on any atom is -0.497 e. The van der Waals surface area contributed by atoms with Gasteiger partial charge in [0, 0.05) is 18.7 Å². The topological polar surface area (TPSA) is 72.9 Å². The first-order valence-corrected chi connectivity index (χ1v) is 10.4. The molecule has 146 valence electrons. The lowest BCUT2D eigenvalue weighted by Gasteiger charge is -2.25. The van der Waals surface area contributed by atoms with E-state index in [4.69, 9.17) is 8.92 Å². The SMILES string of the molecule is COc1cccc(C(=O)N(Cc2ccc(OS(C)(=O)=O)cc2)CC(C)C)c1. The molecule has 6 nitrogen and oxygen atoms in total. The molecule has 27 heavy (non-hydrogen) atoms. The van der Waals surface area contributed by atoms with Gasteiger partial charge in [0.2, 0.25) is 0 Å². The van der Waals surface area contributed by atoms with Gasteiger partial charge in [-0.25, -0.2) is 0 Å². The third-order valence-electron chi connectivity index (χ3n) is 3.73. The van der Waals surface area contributed by atoms with Crippen LogP contribution in [0, 0.1) is 5.92 Å². The van der Waals surface area contributed by atoms with E-state index in [0.717, 1.165) is 11.8 Å². The van der Waals surface area contributed by atoms with E-state index in [1.165, 1.54) is 0 Å². The molecule has 0 bridgehead atoms. The van der Waals surface area contributed by atoms with Gasteiger partial charge in [-0.15, -0.1) is 0 Å². The Morgan fingerprint density at radius 2 is 1.74 bits per heavy atom. The van der Waals surface area contributed by atoms with Crippen LogP contribution in [0.25, 0.3) is 0 Å². The maximum atomic E-state index is 13.0. The molecule has 0 unspecified atom stereocenters. The van der Waals surface area contributed by atoms with Gasteiger partial charge in [0.25, 0.3) is 5.91 Å². The van der Waals surface area contributed by atoms with Crippen LogP contribution in [0.3, 0.4) is 0 Å². The van der Waals surface area contributed by atoms with Crippen LogP contribution >= 0.6 is 0 Å². The van der Waals surface area contributed by atoms with E-state index >= 15 is 0 Å². The van der Waals surface area contributed by atoms with Crippen molar-refractivity contribution in [2.75, 3.05) is 19.9 Å². The Balaban J connectivity index is 2.19. The molecule has 0 fully saturated rings. The molecular weight excluding hydrogens is 366 g/mol. The van der Waals surface area contributed by atoms with Crippen molar-refractivity contribution in [3.63, 3.8) is 0 Å². The molecule has 0 spiro atoms. The summed E-state index contributed by atoms with van der Waals surface area (Å²) >= 11 is 0. The van der Waals surface area contributed by atoms with Gasteiger partial charge < -0.3 is 13.8 Å². The van der Waals surface area contributed by atoms with E-state index in [1.54, 1.807) is 60.5 Å². The lowest BCUT2D eigenvalue weighted by atomic mass is 10.1. The average molecular weight is 391 g/mol. The zero-order valence-electron chi connectivity index (χ0n) is 16.0. The summed E-state index contributed by atoms with van der Waals surface area (Å²) in [5.41, 5.74) is 1.44. The second-order valence-electron chi connectivity index (χ2n) is 6.74. The van der Waals surface area contributed by atoms with Crippen LogP contribution in [0.5, 0.6) is 11.5 Å². The molecule has 0 heterocycles. The van der Waals surface area contributed by atoms with Crippen LogP contribution in [-0.2, 0) is 16.7 Å². The molecule has 0 aliphatic carbocycles. The maximum Gasteiger partial charge on any atom is 0.306 e. The van der Waals surface area contributed by atoms with Crippen molar-refractivity contribution in [1.82, 2.24) is 4.90 Å². The van der Waals surface area contributed by atoms with Crippen LogP contribution in [0.2, 0.25) is 0 Å². The highest BCUT2D eigenvalue weighted by atomic mass is 32.2. The Labute approximate surface area is 160 Å². The van der Waals surface area contributed by atoms with Crippen LogP contribution < -0.4 is 8.92 Å². The van der Waals surface area contributed by atoms with Gasteiger partial charge in [0.05, 0.1) is 13.4 Å². The first-order valence-electron chi connectivity index (χ1n) is 8.59. The van der Waals surface area contributed by atoms with Gasteiger partial charge in [0.15, 0.2) is 0 Å². The second-order valence-corrected chi connectivity index (χ2v) is 8.32. The van der Waals surface area contributed by atoms with Crippen LogP contribution in [0.4, 0.5) is 0 Å². The standard InChI is InChI=1S/C20H25NO5S/c1-15(2)13-21(20(22)17-6-5-7-19(12-17)25-3)14-16-8-10-18(11-9-16)26-27(4,23)24/h5-12,15H,13-14H2,1-4H3. The van der Waals surface area contributed by atoms with Gasteiger partial charge in [-0.05, 0) is 41.8 Å². The number of hydrogen-bond acceptors (Lipinski definition) is 5. The normalized spacial score (nSPS) is 11.3. The fourth-order valence-electron chi connectivity index (χ4n) is 2.64. The highest BCUT2D eigenvalue weighted by Crippen LogP contribution is 2.19. The molecular formula is C20H25NO5S. The van der Waals surface area contributed by atoms with E-state index in [1.807, 2.05) is 0 Å². The van der Waals surface area contributed by atoms with E-state index in [-0.39, 0.29) is 11.7 Å². The summed E-state index contributed by atoms with van der Waals surface area (Å²) in [7, 11) is -2.00. The van der Waals surface area contributed by atoms with Crippen LogP contribution in [-0.4, -0.2) is 39.1 Å². The minimum absolute atomic E-state index is 0.0842. The molecule has 2 rings (SSSR count). The van der Waals surface area contributed by atoms with Crippen molar-refractivity contribution in [3.05, 3.63) is 59.7 Å². The van der Waals surface area contributed by atoms with Crippen molar-refractivity contribution in [1.29, 1.82) is 0 Å². The summed E-state index contributed by atoms with van der Waals surface area (Å²) in [5, 5.41) is 0. The lowest BCUT2D eigenvalue weighted by Crippen LogP contribution is -2.33. The first-order chi connectivity index (χ1) is 12.7. The Hall–Kier alpha value is -2.54. The number of rotatable bonds is 8. The van der Waals surface area contributed by atoms with Crippen molar-refractivity contribution < 1.29 is 22.1 Å². The lowest BCUT2D eigenvalue weighted by molar-refractivity contribution is 0.0722. The van der Waals surface area contributed by atoms with Crippen LogP contribution in [0.15, 0.2) is 48.5 Å². The molecule has 0 aliphatic heterocycles. The van der Waals surface area contributed by atoms with Gasteiger partial charge in [-0.3, -0.25) is 4.79 Å². The molecule has 0 radical (unpaired) electrons. The largest absolute Gasteiger partial charge is 0.497 e.